The molecule has 1 unspecified atom stereocenters. The minimum absolute atomic E-state index is 0.0918. The van der Waals surface area contributed by atoms with Crippen molar-refractivity contribution in [3.63, 3.8) is 0 Å². The van der Waals surface area contributed by atoms with Crippen molar-refractivity contribution in [1.82, 2.24) is 39.8 Å². The number of benzene rings is 3. The van der Waals surface area contributed by atoms with Gasteiger partial charge in [-0.3, -0.25) is 34.3 Å². The van der Waals surface area contributed by atoms with E-state index in [0.29, 0.717) is 45.3 Å². The molecule has 6 aromatic rings. The molecule has 0 aliphatic carbocycles. The zero-order chi connectivity index (χ0) is 41.6. The Kier molecular flexibility index (Phi) is 9.83. The molecular weight excluding hydrogens is 775 g/mol. The number of nitrogens with two attached hydrogens (primary N) is 1. The zero-order valence-electron chi connectivity index (χ0n) is 33.3. The second kappa shape index (κ2) is 15.8. The third kappa shape index (κ3) is 7.28. The Labute approximate surface area is 350 Å². The third-order valence-electron chi connectivity index (χ3n) is 12.2. The fourth-order valence-electron chi connectivity index (χ4n) is 8.91. The number of amides is 4. The Morgan fingerprint density at radius 2 is 1.46 bits per heavy atom. The number of nitrogens with zero attached hydrogens (tertiary/aromatic N) is 9. The number of rotatable bonds is 9. The van der Waals surface area contributed by atoms with E-state index in [0.717, 1.165) is 92.1 Å². The summed E-state index contributed by atoms with van der Waals surface area (Å²) in [5, 5.41) is 7.88. The van der Waals surface area contributed by atoms with Crippen LogP contribution < -0.4 is 25.6 Å². The van der Waals surface area contributed by atoms with E-state index >= 15 is 0 Å². The first-order valence-corrected chi connectivity index (χ1v) is 20.6. The fourth-order valence-corrected chi connectivity index (χ4v) is 8.91. The average Bonchev–Trinajstić information content (AvgIpc) is 3.80. The number of hydrogen-bond donors (Lipinski definition) is 2. The number of carbonyl (C=O) groups excluding carboxylic acids is 4. The largest absolute Gasteiger partial charge is 0.457 e. The van der Waals surface area contributed by atoms with E-state index < -0.39 is 29.7 Å². The maximum Gasteiger partial charge on any atom is 0.262 e. The number of aromatic nitrogens is 5. The van der Waals surface area contributed by atoms with Gasteiger partial charge >= 0.3 is 0 Å². The standard InChI is InChI=1S/C45H43N11O5/c46-41-39-40(29-6-10-33(11-7-29)61-32-4-2-1-3-5-32)51-56(42(39)49-27-48-41)31-9-14-37(47-25-31)54-18-16-28(17-19-54)26-52-20-22-53(23-21-52)30-8-12-34-35(24-30)45(60)55(44(34)59)36-13-15-38(57)50-43(36)58/h1-12,14,24-25,27-28,36H,13,15-23,26H2,(H2,46,48,49)(H,50,57,58). The van der Waals surface area contributed by atoms with Crippen LogP contribution in [-0.4, -0.2) is 110 Å². The van der Waals surface area contributed by atoms with Crippen LogP contribution in [0.25, 0.3) is 28.0 Å². The predicted octanol–water partition coefficient (Wildman–Crippen LogP) is 4.69. The molecule has 0 radical (unpaired) electrons. The highest BCUT2D eigenvalue weighted by molar-refractivity contribution is 6.23. The second-order valence-electron chi connectivity index (χ2n) is 15.9. The Morgan fingerprint density at radius 3 is 2.20 bits per heavy atom. The monoisotopic (exact) mass is 817 g/mol. The van der Waals surface area contributed by atoms with Crippen LogP contribution in [0.4, 0.5) is 17.3 Å². The van der Waals surface area contributed by atoms with E-state index in [1.165, 1.54) is 6.33 Å². The Hall–Kier alpha value is -7.20. The van der Waals surface area contributed by atoms with Gasteiger partial charge in [-0.1, -0.05) is 18.2 Å². The summed E-state index contributed by atoms with van der Waals surface area (Å²) in [4.78, 5) is 72.4. The molecule has 3 aromatic carbocycles. The lowest BCUT2D eigenvalue weighted by molar-refractivity contribution is -0.136. The van der Waals surface area contributed by atoms with E-state index in [1.807, 2.05) is 79.0 Å². The molecule has 3 N–H and O–H groups in total. The smallest absolute Gasteiger partial charge is 0.262 e. The van der Waals surface area contributed by atoms with Gasteiger partial charge in [0, 0.05) is 63.5 Å². The highest BCUT2D eigenvalue weighted by Gasteiger charge is 2.45. The number of pyridine rings is 1. The lowest BCUT2D eigenvalue weighted by atomic mass is 9.96. The van der Waals surface area contributed by atoms with E-state index in [9.17, 15) is 19.2 Å². The van der Waals surface area contributed by atoms with Crippen molar-refractivity contribution in [2.45, 2.75) is 31.7 Å². The van der Waals surface area contributed by atoms with Crippen molar-refractivity contribution in [2.75, 3.05) is 61.3 Å². The summed E-state index contributed by atoms with van der Waals surface area (Å²) < 4.78 is 7.75. The lowest BCUT2D eigenvalue weighted by Crippen LogP contribution is -2.54. The minimum atomic E-state index is -0.974. The van der Waals surface area contributed by atoms with E-state index in [1.54, 1.807) is 16.8 Å². The highest BCUT2D eigenvalue weighted by atomic mass is 16.5. The van der Waals surface area contributed by atoms with Gasteiger partial charge in [0.1, 0.15) is 41.2 Å². The van der Waals surface area contributed by atoms with Gasteiger partial charge in [-0.05, 0) is 91.9 Å². The SMILES string of the molecule is Nc1ncnc2c1c(-c1ccc(Oc3ccccc3)cc1)nn2-c1ccc(N2CCC(CN3CCN(c4ccc5c(c4)C(=O)N(C4CCC(=O)NC4=O)C5=O)CC3)CC2)nc1. The molecule has 0 bridgehead atoms. The minimum Gasteiger partial charge on any atom is -0.457 e. The second-order valence-corrected chi connectivity index (χ2v) is 15.9. The maximum absolute atomic E-state index is 13.4. The molecule has 0 spiro atoms. The zero-order valence-corrected chi connectivity index (χ0v) is 33.3. The molecule has 3 fully saturated rings. The molecule has 16 heteroatoms. The van der Waals surface area contributed by atoms with Crippen molar-refractivity contribution < 1.29 is 23.9 Å². The molecule has 16 nitrogen and oxygen atoms in total. The van der Waals surface area contributed by atoms with Crippen molar-refractivity contribution in [1.29, 1.82) is 0 Å². The van der Waals surface area contributed by atoms with Crippen LogP contribution in [0.3, 0.4) is 0 Å². The molecule has 7 heterocycles. The maximum atomic E-state index is 13.4. The van der Waals surface area contributed by atoms with E-state index in [-0.39, 0.29) is 12.8 Å². The summed E-state index contributed by atoms with van der Waals surface area (Å²) in [6.45, 7) is 6.24. The summed E-state index contributed by atoms with van der Waals surface area (Å²) in [7, 11) is 0. The van der Waals surface area contributed by atoms with Crippen LogP contribution >= 0.6 is 0 Å². The molecular formula is C45H43N11O5. The van der Waals surface area contributed by atoms with E-state index in [2.05, 4.69) is 30.0 Å². The van der Waals surface area contributed by atoms with Crippen LogP contribution in [0, 0.1) is 5.92 Å². The number of nitrogen functional groups attached to an aromatic ring is 1. The van der Waals surface area contributed by atoms with Crippen LogP contribution in [-0.2, 0) is 9.59 Å². The topological polar surface area (TPSA) is 185 Å². The molecule has 4 amide bonds. The Bertz CT molecular complexity index is 2650. The first-order valence-electron chi connectivity index (χ1n) is 20.6. The number of ether oxygens (including phenoxy) is 1. The van der Waals surface area contributed by atoms with Gasteiger partial charge in [0.05, 0.1) is 28.4 Å². The van der Waals surface area contributed by atoms with Gasteiger partial charge in [-0.25, -0.2) is 19.6 Å². The normalized spacial score (nSPS) is 18.8. The average molecular weight is 818 g/mol. The number of nitrogens with one attached hydrogen (secondary N) is 1. The molecule has 0 saturated carbocycles. The first-order chi connectivity index (χ1) is 29.8. The molecule has 10 rings (SSSR count). The van der Waals surface area contributed by atoms with Crippen LogP contribution in [0.2, 0.25) is 0 Å². The van der Waals surface area contributed by atoms with Crippen LogP contribution in [0.1, 0.15) is 46.4 Å². The summed E-state index contributed by atoms with van der Waals surface area (Å²) in [5.41, 5.74) is 10.8. The predicted molar refractivity (Wildman–Crippen MR) is 228 cm³/mol. The number of anilines is 3. The molecule has 4 aliphatic rings. The molecule has 308 valence electrons. The third-order valence-corrected chi connectivity index (χ3v) is 12.2. The summed E-state index contributed by atoms with van der Waals surface area (Å²) in [5.74, 6) is 1.34. The summed E-state index contributed by atoms with van der Waals surface area (Å²) >= 11 is 0. The summed E-state index contributed by atoms with van der Waals surface area (Å²) in [6.07, 6.45) is 5.63. The van der Waals surface area contributed by atoms with Gasteiger partial charge < -0.3 is 20.3 Å². The highest BCUT2D eigenvalue weighted by Crippen LogP contribution is 2.35. The summed E-state index contributed by atoms with van der Waals surface area (Å²) in [6, 6.07) is 25.8. The molecule has 1 atom stereocenters. The number of imide groups is 2. The lowest BCUT2D eigenvalue weighted by Gasteiger charge is -2.40. The van der Waals surface area contributed by atoms with Gasteiger partial charge in [0.15, 0.2) is 5.65 Å². The number of hydrogen-bond acceptors (Lipinski definition) is 13. The first kappa shape index (κ1) is 38.0. The Morgan fingerprint density at radius 1 is 0.721 bits per heavy atom. The van der Waals surface area contributed by atoms with Crippen LogP contribution in [0.5, 0.6) is 11.5 Å². The van der Waals surface area contributed by atoms with Crippen molar-refractivity contribution >= 4 is 52.0 Å². The van der Waals surface area contributed by atoms with Crippen molar-refractivity contribution in [3.05, 3.63) is 109 Å². The number of para-hydroxylation sites is 1. The number of piperidine rings is 2. The molecule has 61 heavy (non-hydrogen) atoms. The number of carbonyl (C=O) groups is 4. The fraction of sp³-hybridized carbons (Fsp3) is 0.289. The van der Waals surface area contributed by atoms with Crippen molar-refractivity contribution in [2.24, 2.45) is 5.92 Å². The van der Waals surface area contributed by atoms with Gasteiger partial charge in [0.25, 0.3) is 11.8 Å². The molecule has 3 saturated heterocycles. The number of fused-ring (bicyclic) bond motifs is 2. The molecule has 3 aromatic heterocycles. The number of piperazine rings is 1. The van der Waals surface area contributed by atoms with Crippen LogP contribution in [0.15, 0.2) is 97.5 Å². The van der Waals surface area contributed by atoms with Gasteiger partial charge in [0.2, 0.25) is 11.8 Å². The van der Waals surface area contributed by atoms with Gasteiger partial charge in [-0.2, -0.15) is 5.10 Å². The quantitative estimate of drug-likeness (QED) is 0.192. The molecule has 4 aliphatic heterocycles. The van der Waals surface area contributed by atoms with Gasteiger partial charge in [-0.15, -0.1) is 0 Å². The van der Waals surface area contributed by atoms with E-state index in [4.69, 9.17) is 20.6 Å². The van der Waals surface area contributed by atoms with Crippen molar-refractivity contribution in [3.8, 4) is 28.4 Å². The Balaban J connectivity index is 0.739.